The number of anilines is 2. The Morgan fingerprint density at radius 3 is 2.29 bits per heavy atom. The third-order valence-corrected chi connectivity index (χ3v) is 3.99. The van der Waals surface area contributed by atoms with Gasteiger partial charge in [0.1, 0.15) is 6.54 Å². The van der Waals surface area contributed by atoms with Crippen LogP contribution in [0.3, 0.4) is 0 Å². The van der Waals surface area contributed by atoms with Crippen molar-refractivity contribution in [1.82, 2.24) is 0 Å². The molecule has 5 heteroatoms. The minimum atomic E-state index is -0.652. The van der Waals surface area contributed by atoms with Crippen molar-refractivity contribution in [3.8, 4) is 0 Å². The van der Waals surface area contributed by atoms with E-state index in [1.165, 1.54) is 4.90 Å². The molecule has 3 rings (SSSR count). The second-order valence-corrected chi connectivity index (χ2v) is 5.93. The van der Waals surface area contributed by atoms with E-state index in [0.29, 0.717) is 11.3 Å². The van der Waals surface area contributed by atoms with Crippen molar-refractivity contribution in [2.75, 3.05) is 16.3 Å². The Morgan fingerprint density at radius 1 is 1.00 bits per heavy atom. The minimum Gasteiger partial charge on any atom is -0.308 e. The van der Waals surface area contributed by atoms with Gasteiger partial charge in [-0.15, -0.1) is 0 Å². The number of benzene rings is 2. The molecule has 1 heterocycles. The number of carbonyl (C=O) groups excluding carboxylic acids is 3. The molecule has 0 bridgehead atoms. The normalized spacial score (nSPS) is 13.4. The molecule has 0 N–H and O–H groups in total. The van der Waals surface area contributed by atoms with Gasteiger partial charge >= 0.3 is 0 Å². The third kappa shape index (κ3) is 2.69. The van der Waals surface area contributed by atoms with Crippen LogP contribution in [-0.2, 0) is 9.59 Å². The Hall–Kier alpha value is -2.95. The van der Waals surface area contributed by atoms with Gasteiger partial charge < -0.3 is 4.90 Å². The summed E-state index contributed by atoms with van der Waals surface area (Å²) in [6.45, 7) is 3.67. The molecular formula is C19H18N2O3. The molecule has 0 saturated heterocycles. The first-order chi connectivity index (χ1) is 11.5. The van der Waals surface area contributed by atoms with Gasteiger partial charge in [-0.25, -0.2) is 0 Å². The van der Waals surface area contributed by atoms with Crippen molar-refractivity contribution in [2.24, 2.45) is 0 Å². The summed E-state index contributed by atoms with van der Waals surface area (Å²) < 4.78 is 0. The number of ketones is 1. The Labute approximate surface area is 140 Å². The molecule has 1 aliphatic heterocycles. The van der Waals surface area contributed by atoms with E-state index in [0.717, 1.165) is 5.69 Å². The fourth-order valence-corrected chi connectivity index (χ4v) is 2.94. The van der Waals surface area contributed by atoms with Gasteiger partial charge in [0, 0.05) is 11.7 Å². The van der Waals surface area contributed by atoms with Crippen molar-refractivity contribution in [3.05, 3.63) is 60.2 Å². The van der Waals surface area contributed by atoms with E-state index in [-0.39, 0.29) is 18.5 Å². The second kappa shape index (κ2) is 6.28. The highest BCUT2D eigenvalue weighted by molar-refractivity contribution is 6.52. The van der Waals surface area contributed by atoms with Crippen molar-refractivity contribution in [2.45, 2.75) is 19.9 Å². The fraction of sp³-hybridized carbons (Fsp3) is 0.211. The zero-order valence-corrected chi connectivity index (χ0v) is 13.6. The Morgan fingerprint density at radius 2 is 1.62 bits per heavy atom. The van der Waals surface area contributed by atoms with Crippen LogP contribution in [0.25, 0.3) is 0 Å². The summed E-state index contributed by atoms with van der Waals surface area (Å²) in [4.78, 5) is 40.0. The summed E-state index contributed by atoms with van der Waals surface area (Å²) in [7, 11) is 0. The van der Waals surface area contributed by atoms with Gasteiger partial charge in [-0.3, -0.25) is 19.3 Å². The topological polar surface area (TPSA) is 57.7 Å². The highest BCUT2D eigenvalue weighted by atomic mass is 16.2. The largest absolute Gasteiger partial charge is 0.308 e. The molecule has 122 valence electrons. The van der Waals surface area contributed by atoms with E-state index in [1.54, 1.807) is 29.2 Å². The number of amides is 2. The van der Waals surface area contributed by atoms with Crippen molar-refractivity contribution in [3.63, 3.8) is 0 Å². The van der Waals surface area contributed by atoms with Gasteiger partial charge in [-0.1, -0.05) is 30.3 Å². The third-order valence-electron chi connectivity index (χ3n) is 3.99. The van der Waals surface area contributed by atoms with Crippen molar-refractivity contribution >= 4 is 29.0 Å². The van der Waals surface area contributed by atoms with Crippen LogP contribution < -0.4 is 9.80 Å². The first-order valence-electron chi connectivity index (χ1n) is 7.83. The number of nitrogens with zero attached hydrogens (tertiary/aromatic N) is 2. The monoisotopic (exact) mass is 322 g/mol. The lowest BCUT2D eigenvalue weighted by atomic mass is 10.1. The predicted octanol–water partition coefficient (Wildman–Crippen LogP) is 2.66. The number of fused-ring (bicyclic) bond motifs is 1. The van der Waals surface area contributed by atoms with Gasteiger partial charge in [-0.05, 0) is 38.1 Å². The SMILES string of the molecule is CC(C)N(C(=O)CN1C(=O)C(=O)c2ccccc21)c1ccccc1. The molecular weight excluding hydrogens is 304 g/mol. The van der Waals surface area contributed by atoms with Crippen LogP contribution in [0.15, 0.2) is 54.6 Å². The lowest BCUT2D eigenvalue weighted by molar-refractivity contribution is -0.120. The van der Waals surface area contributed by atoms with Crippen LogP contribution >= 0.6 is 0 Å². The lowest BCUT2D eigenvalue weighted by Crippen LogP contribution is -2.45. The zero-order chi connectivity index (χ0) is 17.3. The summed E-state index contributed by atoms with van der Waals surface area (Å²) in [5.41, 5.74) is 1.62. The van der Waals surface area contributed by atoms with Crippen LogP contribution in [0.1, 0.15) is 24.2 Å². The van der Waals surface area contributed by atoms with Crippen LogP contribution in [0.5, 0.6) is 0 Å². The molecule has 0 aromatic heterocycles. The van der Waals surface area contributed by atoms with Crippen molar-refractivity contribution < 1.29 is 14.4 Å². The maximum Gasteiger partial charge on any atom is 0.299 e. The van der Waals surface area contributed by atoms with Crippen LogP contribution in [0.2, 0.25) is 0 Å². The average molecular weight is 322 g/mol. The van der Waals surface area contributed by atoms with Crippen LogP contribution in [0, 0.1) is 0 Å². The van der Waals surface area contributed by atoms with Crippen LogP contribution in [-0.4, -0.2) is 30.2 Å². The molecule has 0 atom stereocenters. The summed E-state index contributed by atoms with van der Waals surface area (Å²) in [5.74, 6) is -1.44. The molecule has 1 aliphatic rings. The van der Waals surface area contributed by atoms with E-state index < -0.39 is 11.7 Å². The Kier molecular flexibility index (Phi) is 4.16. The van der Waals surface area contributed by atoms with Gasteiger partial charge in [0.05, 0.1) is 11.3 Å². The average Bonchev–Trinajstić information content (AvgIpc) is 2.81. The van der Waals surface area contributed by atoms with Gasteiger partial charge in [-0.2, -0.15) is 0 Å². The van der Waals surface area contributed by atoms with E-state index in [1.807, 2.05) is 44.2 Å². The standard InChI is InChI=1S/C19H18N2O3/c1-13(2)21(14-8-4-3-5-9-14)17(22)12-20-16-11-7-6-10-15(16)18(23)19(20)24/h3-11,13H,12H2,1-2H3. The number of Topliss-reactive ketones (excluding diaryl/α,β-unsaturated/α-hetero) is 1. The number of carbonyl (C=O) groups is 3. The number of hydrogen-bond donors (Lipinski definition) is 0. The molecule has 0 fully saturated rings. The first-order valence-corrected chi connectivity index (χ1v) is 7.83. The quantitative estimate of drug-likeness (QED) is 0.813. The van der Waals surface area contributed by atoms with E-state index >= 15 is 0 Å². The van der Waals surface area contributed by atoms with E-state index in [2.05, 4.69) is 0 Å². The molecule has 0 radical (unpaired) electrons. The Balaban J connectivity index is 1.89. The number of hydrogen-bond acceptors (Lipinski definition) is 3. The number of para-hydroxylation sites is 2. The van der Waals surface area contributed by atoms with Gasteiger partial charge in [0.15, 0.2) is 0 Å². The molecule has 0 saturated carbocycles. The summed E-state index contributed by atoms with van der Waals surface area (Å²) >= 11 is 0. The smallest absolute Gasteiger partial charge is 0.299 e. The summed E-state index contributed by atoms with van der Waals surface area (Å²) in [5, 5.41) is 0. The minimum absolute atomic E-state index is 0.0662. The maximum absolute atomic E-state index is 12.8. The van der Waals surface area contributed by atoms with E-state index in [9.17, 15) is 14.4 Å². The predicted molar refractivity (Wildman–Crippen MR) is 92.2 cm³/mol. The summed E-state index contributed by atoms with van der Waals surface area (Å²) in [6, 6.07) is 16.0. The first kappa shape index (κ1) is 15.9. The molecule has 2 amide bonds. The lowest BCUT2D eigenvalue weighted by Gasteiger charge is -2.29. The zero-order valence-electron chi connectivity index (χ0n) is 13.6. The van der Waals surface area contributed by atoms with Gasteiger partial charge in [0.25, 0.3) is 11.7 Å². The molecule has 0 aliphatic carbocycles. The van der Waals surface area contributed by atoms with Gasteiger partial charge in [0.2, 0.25) is 5.91 Å². The second-order valence-electron chi connectivity index (χ2n) is 5.93. The fourth-order valence-electron chi connectivity index (χ4n) is 2.94. The number of rotatable bonds is 4. The molecule has 24 heavy (non-hydrogen) atoms. The maximum atomic E-state index is 12.8. The molecule has 0 unspecified atom stereocenters. The van der Waals surface area contributed by atoms with E-state index in [4.69, 9.17) is 0 Å². The Bertz CT molecular complexity index is 799. The van der Waals surface area contributed by atoms with Crippen LogP contribution in [0.4, 0.5) is 11.4 Å². The summed E-state index contributed by atoms with van der Waals surface area (Å²) in [6.07, 6.45) is 0. The highest BCUT2D eigenvalue weighted by Crippen LogP contribution is 2.29. The molecule has 2 aromatic rings. The highest BCUT2D eigenvalue weighted by Gasteiger charge is 2.37. The molecule has 0 spiro atoms. The molecule has 2 aromatic carbocycles. The molecule has 5 nitrogen and oxygen atoms in total. The van der Waals surface area contributed by atoms with Crippen molar-refractivity contribution in [1.29, 1.82) is 0 Å².